The van der Waals surface area contributed by atoms with Gasteiger partial charge in [-0.1, -0.05) is 35.7 Å². The van der Waals surface area contributed by atoms with Crippen LogP contribution < -0.4 is 4.74 Å². The number of nitriles is 1. The maximum Gasteiger partial charge on any atom is 0.137 e. The van der Waals surface area contributed by atoms with E-state index in [9.17, 15) is 0 Å². The van der Waals surface area contributed by atoms with Gasteiger partial charge in [0.15, 0.2) is 0 Å². The molecule has 1 saturated carbocycles. The first kappa shape index (κ1) is 13.4. The van der Waals surface area contributed by atoms with Crippen molar-refractivity contribution in [3.8, 4) is 11.8 Å². The summed E-state index contributed by atoms with van der Waals surface area (Å²) in [6.45, 7) is 2.24. The van der Waals surface area contributed by atoms with Gasteiger partial charge >= 0.3 is 0 Å². The van der Waals surface area contributed by atoms with Gasteiger partial charge in [0.2, 0.25) is 0 Å². The number of hydrogen-bond acceptors (Lipinski definition) is 2. The lowest BCUT2D eigenvalue weighted by Gasteiger charge is -2.29. The number of benzene rings is 1. The van der Waals surface area contributed by atoms with Crippen LogP contribution in [-0.4, -0.2) is 6.10 Å². The molecule has 0 spiro atoms. The van der Waals surface area contributed by atoms with Gasteiger partial charge in [-0.3, -0.25) is 0 Å². The van der Waals surface area contributed by atoms with Crippen LogP contribution in [0.4, 0.5) is 0 Å². The summed E-state index contributed by atoms with van der Waals surface area (Å²) < 4.78 is 6.94. The minimum Gasteiger partial charge on any atom is -0.489 e. The van der Waals surface area contributed by atoms with E-state index in [-0.39, 0.29) is 6.10 Å². The van der Waals surface area contributed by atoms with Crippen LogP contribution in [0.5, 0.6) is 5.75 Å². The Bertz CT molecular complexity index is 452. The Morgan fingerprint density at radius 1 is 1.44 bits per heavy atom. The van der Waals surface area contributed by atoms with Gasteiger partial charge in [-0.25, -0.2) is 0 Å². The fourth-order valence-electron chi connectivity index (χ4n) is 2.59. The molecule has 1 aromatic carbocycles. The number of rotatable bonds is 3. The molecule has 0 bridgehead atoms. The predicted molar refractivity (Wildman–Crippen MR) is 75.5 cm³/mol. The summed E-state index contributed by atoms with van der Waals surface area (Å²) in [6, 6.07) is 7.83. The average molecular weight is 308 g/mol. The van der Waals surface area contributed by atoms with E-state index in [1.54, 1.807) is 0 Å². The largest absolute Gasteiger partial charge is 0.489 e. The van der Waals surface area contributed by atoms with Crippen LogP contribution in [0.2, 0.25) is 0 Å². The summed E-state index contributed by atoms with van der Waals surface area (Å²) in [4.78, 5) is 0. The first-order valence-corrected chi connectivity index (χ1v) is 7.38. The molecule has 2 nitrogen and oxygen atoms in total. The molecule has 0 saturated heterocycles. The third kappa shape index (κ3) is 3.26. The van der Waals surface area contributed by atoms with E-state index in [0.717, 1.165) is 29.0 Å². The Morgan fingerprint density at radius 3 is 3.00 bits per heavy atom. The molecule has 0 aromatic heterocycles. The van der Waals surface area contributed by atoms with E-state index >= 15 is 0 Å². The third-order valence-electron chi connectivity index (χ3n) is 3.67. The van der Waals surface area contributed by atoms with Crippen molar-refractivity contribution in [3.05, 3.63) is 28.2 Å². The topological polar surface area (TPSA) is 33.0 Å². The van der Waals surface area contributed by atoms with Crippen LogP contribution in [0, 0.1) is 17.2 Å². The van der Waals surface area contributed by atoms with Crippen molar-refractivity contribution in [2.45, 2.75) is 45.1 Å². The maximum atomic E-state index is 9.12. The SMILES string of the molecule is CCC1CCCC(Oc2ccc(Br)cc2C#N)C1. The van der Waals surface area contributed by atoms with Crippen molar-refractivity contribution in [2.24, 2.45) is 5.92 Å². The summed E-state index contributed by atoms with van der Waals surface area (Å²) in [6.07, 6.45) is 6.29. The maximum absolute atomic E-state index is 9.12. The lowest BCUT2D eigenvalue weighted by Crippen LogP contribution is -2.25. The van der Waals surface area contributed by atoms with Crippen LogP contribution >= 0.6 is 15.9 Å². The van der Waals surface area contributed by atoms with Crippen LogP contribution in [0.15, 0.2) is 22.7 Å². The smallest absolute Gasteiger partial charge is 0.137 e. The standard InChI is InChI=1S/C15H18BrNO/c1-2-11-4-3-5-14(8-11)18-15-7-6-13(16)9-12(15)10-17/h6-7,9,11,14H,2-5,8H2,1H3. The summed E-state index contributed by atoms with van der Waals surface area (Å²) in [5.74, 6) is 1.51. The summed E-state index contributed by atoms with van der Waals surface area (Å²) in [7, 11) is 0. The Morgan fingerprint density at radius 2 is 2.28 bits per heavy atom. The molecule has 2 atom stereocenters. The van der Waals surface area contributed by atoms with Gasteiger partial charge in [-0.15, -0.1) is 0 Å². The minimum absolute atomic E-state index is 0.275. The van der Waals surface area contributed by atoms with Crippen molar-refractivity contribution in [1.29, 1.82) is 5.26 Å². The molecule has 96 valence electrons. The molecule has 1 aliphatic rings. The molecule has 2 rings (SSSR count). The molecule has 18 heavy (non-hydrogen) atoms. The normalized spacial score (nSPS) is 23.4. The molecular weight excluding hydrogens is 290 g/mol. The fourth-order valence-corrected chi connectivity index (χ4v) is 2.95. The molecule has 0 amide bonds. The highest BCUT2D eigenvalue weighted by atomic mass is 79.9. The minimum atomic E-state index is 0.275. The highest BCUT2D eigenvalue weighted by Crippen LogP contribution is 2.31. The zero-order valence-corrected chi connectivity index (χ0v) is 12.2. The monoisotopic (exact) mass is 307 g/mol. The zero-order chi connectivity index (χ0) is 13.0. The predicted octanol–water partition coefficient (Wildman–Crippen LogP) is 4.67. The second kappa shape index (κ2) is 6.24. The molecular formula is C15H18BrNO. The second-order valence-corrected chi connectivity index (χ2v) is 5.85. The van der Waals surface area contributed by atoms with Gasteiger partial charge in [-0.05, 0) is 43.4 Å². The molecule has 0 radical (unpaired) electrons. The van der Waals surface area contributed by atoms with E-state index in [0.29, 0.717) is 5.56 Å². The van der Waals surface area contributed by atoms with Gasteiger partial charge in [0.25, 0.3) is 0 Å². The van der Waals surface area contributed by atoms with E-state index in [1.807, 2.05) is 18.2 Å². The van der Waals surface area contributed by atoms with E-state index in [2.05, 4.69) is 28.9 Å². The molecule has 0 N–H and O–H groups in total. The van der Waals surface area contributed by atoms with Crippen molar-refractivity contribution in [3.63, 3.8) is 0 Å². The van der Waals surface area contributed by atoms with Crippen molar-refractivity contribution < 1.29 is 4.74 Å². The first-order chi connectivity index (χ1) is 8.72. The van der Waals surface area contributed by atoms with Crippen LogP contribution in [0.3, 0.4) is 0 Å². The number of halogens is 1. The highest BCUT2D eigenvalue weighted by molar-refractivity contribution is 9.10. The first-order valence-electron chi connectivity index (χ1n) is 6.59. The van der Waals surface area contributed by atoms with E-state index in [4.69, 9.17) is 10.00 Å². The Hall–Kier alpha value is -1.01. The number of hydrogen-bond donors (Lipinski definition) is 0. The Kier molecular flexibility index (Phi) is 4.66. The van der Waals surface area contributed by atoms with E-state index < -0.39 is 0 Å². The Balaban J connectivity index is 2.07. The summed E-state index contributed by atoms with van der Waals surface area (Å²) >= 11 is 3.38. The van der Waals surface area contributed by atoms with Crippen molar-refractivity contribution in [1.82, 2.24) is 0 Å². The van der Waals surface area contributed by atoms with Gasteiger partial charge in [0.1, 0.15) is 11.8 Å². The lowest BCUT2D eigenvalue weighted by molar-refractivity contribution is 0.121. The quantitative estimate of drug-likeness (QED) is 0.813. The number of nitrogens with zero attached hydrogens (tertiary/aromatic N) is 1. The average Bonchev–Trinajstić information content (AvgIpc) is 2.41. The third-order valence-corrected chi connectivity index (χ3v) is 4.16. The molecule has 0 aliphatic heterocycles. The Labute approximate surface area is 117 Å². The van der Waals surface area contributed by atoms with Crippen molar-refractivity contribution in [2.75, 3.05) is 0 Å². The number of ether oxygens (including phenoxy) is 1. The van der Waals surface area contributed by atoms with Crippen LogP contribution in [0.1, 0.15) is 44.6 Å². The van der Waals surface area contributed by atoms with Crippen LogP contribution in [-0.2, 0) is 0 Å². The van der Waals surface area contributed by atoms with Gasteiger partial charge in [0, 0.05) is 4.47 Å². The molecule has 2 unspecified atom stereocenters. The molecule has 3 heteroatoms. The van der Waals surface area contributed by atoms with Gasteiger partial charge in [0.05, 0.1) is 11.7 Å². The fraction of sp³-hybridized carbons (Fsp3) is 0.533. The highest BCUT2D eigenvalue weighted by Gasteiger charge is 2.22. The zero-order valence-electron chi connectivity index (χ0n) is 10.7. The second-order valence-electron chi connectivity index (χ2n) is 4.93. The van der Waals surface area contributed by atoms with E-state index in [1.165, 1.54) is 19.3 Å². The summed E-state index contributed by atoms with van der Waals surface area (Å²) in [5, 5.41) is 9.12. The molecule has 1 aliphatic carbocycles. The van der Waals surface area contributed by atoms with Gasteiger partial charge < -0.3 is 4.74 Å². The molecule has 0 heterocycles. The lowest BCUT2D eigenvalue weighted by atomic mass is 9.85. The van der Waals surface area contributed by atoms with Gasteiger partial charge in [-0.2, -0.15) is 5.26 Å². The summed E-state index contributed by atoms with van der Waals surface area (Å²) in [5.41, 5.74) is 0.614. The van der Waals surface area contributed by atoms with Crippen LogP contribution in [0.25, 0.3) is 0 Å². The molecule has 1 fully saturated rings. The van der Waals surface area contributed by atoms with Crippen molar-refractivity contribution >= 4 is 15.9 Å². The molecule has 1 aromatic rings.